The minimum Gasteiger partial charge on any atom is -0.489 e. The molecule has 1 rings (SSSR count). The van der Waals surface area contributed by atoms with Crippen molar-refractivity contribution in [2.24, 2.45) is 0 Å². The number of carbonyl (C=O) groups excluding carboxylic acids is 1. The highest BCUT2D eigenvalue weighted by molar-refractivity contribution is 5.85. The van der Waals surface area contributed by atoms with Crippen molar-refractivity contribution in [2.45, 2.75) is 46.1 Å². The molecule has 0 aliphatic rings. The molecule has 1 heterocycles. The Kier molecular flexibility index (Phi) is 4.47. The maximum atomic E-state index is 11.7. The molecule has 1 unspecified atom stereocenters. The second-order valence-electron chi connectivity index (χ2n) is 4.09. The Morgan fingerprint density at radius 3 is 2.69 bits per heavy atom. The minimum absolute atomic E-state index is 0.0897. The van der Waals surface area contributed by atoms with E-state index in [-0.39, 0.29) is 17.8 Å². The second kappa shape index (κ2) is 5.64. The van der Waals surface area contributed by atoms with E-state index in [9.17, 15) is 4.79 Å². The molecule has 1 aromatic rings. The molecule has 3 nitrogen and oxygen atoms in total. The van der Waals surface area contributed by atoms with Gasteiger partial charge in [0.15, 0.2) is 0 Å². The first-order valence-corrected chi connectivity index (χ1v) is 5.70. The molecular weight excluding hydrogens is 202 g/mol. The first kappa shape index (κ1) is 12.7. The van der Waals surface area contributed by atoms with Crippen LogP contribution in [-0.2, 0) is 4.79 Å². The molecule has 1 atom stereocenters. The van der Waals surface area contributed by atoms with Gasteiger partial charge in [-0.2, -0.15) is 0 Å². The molecule has 0 fully saturated rings. The summed E-state index contributed by atoms with van der Waals surface area (Å²) in [5.41, 5.74) is 0.739. The van der Waals surface area contributed by atoms with Gasteiger partial charge in [-0.25, -0.2) is 0 Å². The predicted molar refractivity (Wildman–Crippen MR) is 63.7 cm³/mol. The van der Waals surface area contributed by atoms with Crippen LogP contribution in [0.1, 0.15) is 45.7 Å². The van der Waals surface area contributed by atoms with E-state index in [1.54, 1.807) is 6.20 Å². The first-order chi connectivity index (χ1) is 7.56. The van der Waals surface area contributed by atoms with Crippen LogP contribution >= 0.6 is 0 Å². The normalized spacial score (nSPS) is 12.6. The summed E-state index contributed by atoms with van der Waals surface area (Å²) in [5.74, 6) is 0.707. The Bertz CT molecular complexity index is 361. The Morgan fingerprint density at radius 2 is 2.12 bits per heavy atom. The average Bonchev–Trinajstić information content (AvgIpc) is 2.27. The quantitative estimate of drug-likeness (QED) is 0.767. The van der Waals surface area contributed by atoms with Crippen LogP contribution in [0.3, 0.4) is 0 Å². The lowest BCUT2D eigenvalue weighted by atomic mass is 9.99. The number of Topliss-reactive ketones (excluding diaryl/α,β-unsaturated/α-hetero) is 1. The average molecular weight is 221 g/mol. The molecule has 0 radical (unpaired) electrons. The van der Waals surface area contributed by atoms with Crippen molar-refractivity contribution >= 4 is 5.78 Å². The van der Waals surface area contributed by atoms with E-state index in [0.29, 0.717) is 12.2 Å². The van der Waals surface area contributed by atoms with Crippen molar-refractivity contribution in [3.8, 4) is 5.75 Å². The van der Waals surface area contributed by atoms with Gasteiger partial charge in [-0.3, -0.25) is 9.78 Å². The molecular formula is C13H19NO2. The number of ether oxygens (including phenoxy) is 1. The zero-order valence-corrected chi connectivity index (χ0v) is 10.4. The van der Waals surface area contributed by atoms with Crippen LogP contribution in [0, 0.1) is 0 Å². The van der Waals surface area contributed by atoms with E-state index in [0.717, 1.165) is 5.69 Å². The molecule has 0 aromatic carbocycles. The van der Waals surface area contributed by atoms with Crippen molar-refractivity contribution in [3.63, 3.8) is 0 Å². The minimum atomic E-state index is -0.194. The third kappa shape index (κ3) is 3.05. The van der Waals surface area contributed by atoms with Gasteiger partial charge in [0, 0.05) is 12.6 Å². The standard InChI is InChI=1S/C13H19NO2/c1-5-11(15)10(4)13-12(16-9(2)3)7-6-8-14-13/h6-10H,5H2,1-4H3. The molecule has 0 saturated heterocycles. The Hall–Kier alpha value is -1.38. The van der Waals surface area contributed by atoms with Crippen molar-refractivity contribution in [2.75, 3.05) is 0 Å². The molecule has 0 amide bonds. The fourth-order valence-electron chi connectivity index (χ4n) is 1.54. The van der Waals surface area contributed by atoms with Crippen LogP contribution in [0.2, 0.25) is 0 Å². The van der Waals surface area contributed by atoms with Crippen LogP contribution in [0.15, 0.2) is 18.3 Å². The van der Waals surface area contributed by atoms with Crippen molar-refractivity contribution in [1.82, 2.24) is 4.98 Å². The molecule has 0 bridgehead atoms. The SMILES string of the molecule is CCC(=O)C(C)c1ncccc1OC(C)C. The highest BCUT2D eigenvalue weighted by Gasteiger charge is 2.19. The number of rotatable bonds is 5. The summed E-state index contributed by atoms with van der Waals surface area (Å²) >= 11 is 0. The van der Waals surface area contributed by atoms with Crippen LogP contribution in [0.5, 0.6) is 5.75 Å². The van der Waals surface area contributed by atoms with Crippen LogP contribution in [-0.4, -0.2) is 16.9 Å². The van der Waals surface area contributed by atoms with Crippen LogP contribution in [0.25, 0.3) is 0 Å². The summed E-state index contributed by atoms with van der Waals surface area (Å²) < 4.78 is 5.65. The van der Waals surface area contributed by atoms with Crippen molar-refractivity contribution in [3.05, 3.63) is 24.0 Å². The zero-order chi connectivity index (χ0) is 12.1. The number of nitrogens with zero attached hydrogens (tertiary/aromatic N) is 1. The number of aromatic nitrogens is 1. The van der Waals surface area contributed by atoms with E-state index in [1.165, 1.54) is 0 Å². The van der Waals surface area contributed by atoms with E-state index >= 15 is 0 Å². The smallest absolute Gasteiger partial charge is 0.141 e. The molecule has 0 N–H and O–H groups in total. The molecule has 1 aromatic heterocycles. The van der Waals surface area contributed by atoms with Gasteiger partial charge in [0.25, 0.3) is 0 Å². The summed E-state index contributed by atoms with van der Waals surface area (Å²) in [6, 6.07) is 3.69. The lowest BCUT2D eigenvalue weighted by Crippen LogP contribution is -2.14. The molecule has 0 aliphatic heterocycles. The van der Waals surface area contributed by atoms with Gasteiger partial charge in [-0.05, 0) is 32.9 Å². The third-order valence-corrected chi connectivity index (χ3v) is 2.40. The van der Waals surface area contributed by atoms with Gasteiger partial charge < -0.3 is 4.74 Å². The second-order valence-corrected chi connectivity index (χ2v) is 4.09. The largest absolute Gasteiger partial charge is 0.489 e. The van der Waals surface area contributed by atoms with Gasteiger partial charge in [0.1, 0.15) is 11.5 Å². The van der Waals surface area contributed by atoms with Gasteiger partial charge >= 0.3 is 0 Å². The highest BCUT2D eigenvalue weighted by atomic mass is 16.5. The van der Waals surface area contributed by atoms with Crippen LogP contribution in [0.4, 0.5) is 0 Å². The molecule has 88 valence electrons. The molecule has 0 aliphatic carbocycles. The van der Waals surface area contributed by atoms with E-state index in [1.807, 2.05) is 39.8 Å². The fourth-order valence-corrected chi connectivity index (χ4v) is 1.54. The zero-order valence-electron chi connectivity index (χ0n) is 10.4. The highest BCUT2D eigenvalue weighted by Crippen LogP contribution is 2.26. The third-order valence-electron chi connectivity index (χ3n) is 2.40. The number of carbonyl (C=O) groups is 1. The predicted octanol–water partition coefficient (Wildman–Crippen LogP) is 2.95. The molecule has 3 heteroatoms. The molecule has 0 spiro atoms. The first-order valence-electron chi connectivity index (χ1n) is 5.70. The number of hydrogen-bond acceptors (Lipinski definition) is 3. The Balaban J connectivity index is 2.98. The summed E-state index contributed by atoms with van der Waals surface area (Å²) in [5, 5.41) is 0. The summed E-state index contributed by atoms with van der Waals surface area (Å²) in [6.07, 6.45) is 2.31. The van der Waals surface area contributed by atoms with Gasteiger partial charge in [-0.1, -0.05) is 6.92 Å². The lowest BCUT2D eigenvalue weighted by molar-refractivity contribution is -0.119. The number of hydrogen-bond donors (Lipinski definition) is 0. The van der Waals surface area contributed by atoms with Crippen molar-refractivity contribution < 1.29 is 9.53 Å². The van der Waals surface area contributed by atoms with E-state index in [4.69, 9.17) is 4.74 Å². The van der Waals surface area contributed by atoms with Gasteiger partial charge in [0.05, 0.1) is 17.7 Å². The summed E-state index contributed by atoms with van der Waals surface area (Å²) in [6.45, 7) is 7.66. The van der Waals surface area contributed by atoms with E-state index < -0.39 is 0 Å². The van der Waals surface area contributed by atoms with Crippen LogP contribution < -0.4 is 4.74 Å². The monoisotopic (exact) mass is 221 g/mol. The Labute approximate surface area is 96.8 Å². The van der Waals surface area contributed by atoms with E-state index in [2.05, 4.69) is 4.98 Å². The fraction of sp³-hybridized carbons (Fsp3) is 0.538. The maximum Gasteiger partial charge on any atom is 0.141 e. The topological polar surface area (TPSA) is 39.2 Å². The Morgan fingerprint density at radius 1 is 1.44 bits per heavy atom. The summed E-state index contributed by atoms with van der Waals surface area (Å²) in [7, 11) is 0. The maximum absolute atomic E-state index is 11.7. The van der Waals surface area contributed by atoms with Gasteiger partial charge in [0.2, 0.25) is 0 Å². The summed E-state index contributed by atoms with van der Waals surface area (Å²) in [4.78, 5) is 15.9. The van der Waals surface area contributed by atoms with Gasteiger partial charge in [-0.15, -0.1) is 0 Å². The lowest BCUT2D eigenvalue weighted by Gasteiger charge is -2.16. The molecule has 16 heavy (non-hydrogen) atoms. The van der Waals surface area contributed by atoms with Crippen molar-refractivity contribution in [1.29, 1.82) is 0 Å². The molecule has 0 saturated carbocycles. The number of ketones is 1. The number of pyridine rings is 1.